The number of ether oxygens (including phenoxy) is 1. The molecule has 2 aromatic rings. The van der Waals surface area contributed by atoms with Crippen molar-refractivity contribution in [3.05, 3.63) is 15.5 Å². The Morgan fingerprint density at radius 2 is 2.28 bits per heavy atom. The third-order valence-electron chi connectivity index (χ3n) is 2.64. The Morgan fingerprint density at radius 1 is 1.50 bits per heavy atom. The fourth-order valence-corrected chi connectivity index (χ4v) is 3.05. The van der Waals surface area contributed by atoms with Crippen molar-refractivity contribution in [2.24, 2.45) is 0 Å². The molecule has 0 saturated carbocycles. The molecule has 7 heteroatoms. The third-order valence-corrected chi connectivity index (χ3v) is 4.16. The Kier molecular flexibility index (Phi) is 4.26. The number of thiazole rings is 1. The fourth-order valence-electron chi connectivity index (χ4n) is 1.74. The topological polar surface area (TPSA) is 55.7 Å². The lowest BCUT2D eigenvalue weighted by Crippen LogP contribution is -1.97. The van der Waals surface area contributed by atoms with Gasteiger partial charge in [-0.3, -0.25) is 9.67 Å². The minimum absolute atomic E-state index is 0.652. The Balaban J connectivity index is 2.38. The van der Waals surface area contributed by atoms with E-state index in [1.54, 1.807) is 18.4 Å². The van der Waals surface area contributed by atoms with Gasteiger partial charge in [0.05, 0.1) is 22.2 Å². The zero-order chi connectivity index (χ0) is 13.1. The first-order chi connectivity index (χ1) is 8.67. The number of H-pyrrole nitrogens is 1. The average molecular weight is 284 g/mol. The van der Waals surface area contributed by atoms with Gasteiger partial charge < -0.3 is 4.74 Å². The van der Waals surface area contributed by atoms with Crippen molar-refractivity contribution < 1.29 is 4.74 Å². The normalized spacial score (nSPS) is 11.1. The number of nitrogens with zero attached hydrogens (tertiary/aromatic N) is 3. The van der Waals surface area contributed by atoms with Crippen molar-refractivity contribution in [2.75, 3.05) is 13.7 Å². The molecule has 98 valence electrons. The van der Waals surface area contributed by atoms with Crippen LogP contribution in [0.5, 0.6) is 0 Å². The van der Waals surface area contributed by atoms with Crippen LogP contribution in [-0.4, -0.2) is 33.5 Å². The van der Waals surface area contributed by atoms with Gasteiger partial charge in [0.25, 0.3) is 0 Å². The van der Waals surface area contributed by atoms with E-state index < -0.39 is 0 Å². The average Bonchev–Trinajstić information content (AvgIpc) is 2.89. The summed E-state index contributed by atoms with van der Waals surface area (Å²) in [6.07, 6.45) is 0.833. The van der Waals surface area contributed by atoms with Crippen LogP contribution in [0.15, 0.2) is 0 Å². The first kappa shape index (κ1) is 13.4. The lowest BCUT2D eigenvalue weighted by Gasteiger charge is -2.00. The summed E-state index contributed by atoms with van der Waals surface area (Å²) in [6.45, 7) is 5.54. The Hall–Kier alpha value is -1.05. The molecule has 5 nitrogen and oxygen atoms in total. The van der Waals surface area contributed by atoms with Crippen LogP contribution in [0, 0.1) is 11.7 Å². The van der Waals surface area contributed by atoms with Gasteiger partial charge in [-0.05, 0) is 26.1 Å². The number of hydrogen-bond acceptors (Lipinski definition) is 5. The highest BCUT2D eigenvalue weighted by atomic mass is 32.1. The van der Waals surface area contributed by atoms with Crippen molar-refractivity contribution in [1.82, 2.24) is 19.7 Å². The maximum absolute atomic E-state index is 5.20. The number of hydrogen-bond donors (Lipinski definition) is 1. The van der Waals surface area contributed by atoms with E-state index in [-0.39, 0.29) is 0 Å². The van der Waals surface area contributed by atoms with Gasteiger partial charge in [-0.2, -0.15) is 5.10 Å². The second-order valence-corrected chi connectivity index (χ2v) is 5.33. The number of aryl methyl sites for hydroxylation is 1. The van der Waals surface area contributed by atoms with Gasteiger partial charge in [-0.15, -0.1) is 11.3 Å². The molecule has 0 unspecified atom stereocenters. The Labute approximate surface area is 115 Å². The summed E-state index contributed by atoms with van der Waals surface area (Å²) in [5.41, 5.74) is 0.995. The zero-order valence-electron chi connectivity index (χ0n) is 10.7. The maximum atomic E-state index is 5.20. The number of aromatic amines is 1. The smallest absolute Gasteiger partial charge is 0.195 e. The molecule has 0 amide bonds. The quantitative estimate of drug-likeness (QED) is 0.857. The first-order valence-electron chi connectivity index (χ1n) is 5.78. The van der Waals surface area contributed by atoms with Crippen LogP contribution >= 0.6 is 23.6 Å². The molecule has 2 rings (SSSR count). The van der Waals surface area contributed by atoms with Gasteiger partial charge in [0, 0.05) is 20.1 Å². The summed E-state index contributed by atoms with van der Waals surface area (Å²) < 4.78 is 7.71. The summed E-state index contributed by atoms with van der Waals surface area (Å²) >= 11 is 6.86. The molecule has 0 bridgehead atoms. The SMILES string of the molecule is CCn1c(-c2sc(CCOC)nc2C)n[nH]c1=S. The van der Waals surface area contributed by atoms with Crippen LogP contribution in [0.2, 0.25) is 0 Å². The van der Waals surface area contributed by atoms with E-state index in [9.17, 15) is 0 Å². The molecule has 2 aromatic heterocycles. The molecule has 0 aliphatic rings. The minimum Gasteiger partial charge on any atom is -0.384 e. The van der Waals surface area contributed by atoms with E-state index in [0.29, 0.717) is 11.4 Å². The van der Waals surface area contributed by atoms with E-state index in [1.807, 2.05) is 11.5 Å². The van der Waals surface area contributed by atoms with Crippen LogP contribution in [-0.2, 0) is 17.7 Å². The standard InChI is InChI=1S/C11H16N4OS2/c1-4-15-10(13-14-11(15)17)9-7(2)12-8(18-9)5-6-16-3/h4-6H2,1-3H3,(H,14,17). The summed E-state index contributed by atoms with van der Waals surface area (Å²) in [4.78, 5) is 5.63. The van der Waals surface area contributed by atoms with E-state index in [1.165, 1.54) is 0 Å². The van der Waals surface area contributed by atoms with Gasteiger partial charge in [-0.25, -0.2) is 4.98 Å². The molecule has 0 aliphatic carbocycles. The molecule has 0 saturated heterocycles. The highest BCUT2D eigenvalue weighted by Gasteiger charge is 2.15. The third kappa shape index (κ3) is 2.52. The molecule has 0 aliphatic heterocycles. The maximum Gasteiger partial charge on any atom is 0.195 e. The molecule has 0 atom stereocenters. The van der Waals surface area contributed by atoms with Gasteiger partial charge in [0.1, 0.15) is 0 Å². The van der Waals surface area contributed by atoms with Crippen molar-refractivity contribution in [1.29, 1.82) is 0 Å². The highest BCUT2D eigenvalue weighted by molar-refractivity contribution is 7.71. The molecule has 0 aromatic carbocycles. The van der Waals surface area contributed by atoms with E-state index >= 15 is 0 Å². The van der Waals surface area contributed by atoms with Crippen molar-refractivity contribution in [3.63, 3.8) is 0 Å². The van der Waals surface area contributed by atoms with Gasteiger partial charge in [-0.1, -0.05) is 0 Å². The van der Waals surface area contributed by atoms with Crippen LogP contribution in [0.3, 0.4) is 0 Å². The second kappa shape index (κ2) is 5.73. The van der Waals surface area contributed by atoms with E-state index in [0.717, 1.165) is 34.4 Å². The number of rotatable bonds is 5. The van der Waals surface area contributed by atoms with Crippen LogP contribution in [0.4, 0.5) is 0 Å². The second-order valence-electron chi connectivity index (χ2n) is 3.86. The first-order valence-corrected chi connectivity index (χ1v) is 7.00. The lowest BCUT2D eigenvalue weighted by atomic mass is 10.3. The predicted molar refractivity (Wildman–Crippen MR) is 74.5 cm³/mol. The Morgan fingerprint density at radius 3 is 2.94 bits per heavy atom. The van der Waals surface area contributed by atoms with Crippen LogP contribution in [0.25, 0.3) is 10.7 Å². The molecule has 2 heterocycles. The summed E-state index contributed by atoms with van der Waals surface area (Å²) in [5.74, 6) is 0.876. The summed E-state index contributed by atoms with van der Waals surface area (Å²) in [6, 6.07) is 0. The molecule has 0 fully saturated rings. The molecule has 0 spiro atoms. The monoisotopic (exact) mass is 284 g/mol. The number of methoxy groups -OCH3 is 1. The Bertz CT molecular complexity index is 584. The van der Waals surface area contributed by atoms with E-state index in [4.69, 9.17) is 17.0 Å². The molecular formula is C11H16N4OS2. The molecule has 1 N–H and O–H groups in total. The summed E-state index contributed by atoms with van der Waals surface area (Å²) in [7, 11) is 1.70. The number of nitrogens with one attached hydrogen (secondary N) is 1. The molecule has 0 radical (unpaired) electrons. The van der Waals surface area contributed by atoms with Crippen molar-refractivity contribution in [3.8, 4) is 10.7 Å². The highest BCUT2D eigenvalue weighted by Crippen LogP contribution is 2.28. The van der Waals surface area contributed by atoms with Crippen LogP contribution < -0.4 is 0 Å². The van der Waals surface area contributed by atoms with Gasteiger partial charge >= 0.3 is 0 Å². The molecular weight excluding hydrogens is 268 g/mol. The minimum atomic E-state index is 0.652. The van der Waals surface area contributed by atoms with Crippen molar-refractivity contribution >= 4 is 23.6 Å². The largest absolute Gasteiger partial charge is 0.384 e. The predicted octanol–water partition coefficient (Wildman–Crippen LogP) is 2.58. The van der Waals surface area contributed by atoms with E-state index in [2.05, 4.69) is 22.1 Å². The molecule has 18 heavy (non-hydrogen) atoms. The van der Waals surface area contributed by atoms with Gasteiger partial charge in [0.2, 0.25) is 0 Å². The fraction of sp³-hybridized carbons (Fsp3) is 0.545. The zero-order valence-corrected chi connectivity index (χ0v) is 12.3. The number of aromatic nitrogens is 4. The van der Waals surface area contributed by atoms with Crippen LogP contribution in [0.1, 0.15) is 17.6 Å². The van der Waals surface area contributed by atoms with Crippen molar-refractivity contribution in [2.45, 2.75) is 26.8 Å². The van der Waals surface area contributed by atoms with Gasteiger partial charge in [0.15, 0.2) is 10.6 Å². The summed E-state index contributed by atoms with van der Waals surface area (Å²) in [5, 5.41) is 8.20. The lowest BCUT2D eigenvalue weighted by molar-refractivity contribution is 0.202.